The van der Waals surface area contributed by atoms with Crippen molar-refractivity contribution in [3.63, 3.8) is 0 Å². The molecule has 26 heavy (non-hydrogen) atoms. The number of nitrogens with one attached hydrogen (secondary N) is 1. The highest BCUT2D eigenvalue weighted by Crippen LogP contribution is 2.28. The van der Waals surface area contributed by atoms with Crippen LogP contribution in [0.2, 0.25) is 5.02 Å². The van der Waals surface area contributed by atoms with E-state index in [-0.39, 0.29) is 5.56 Å². The van der Waals surface area contributed by atoms with Crippen molar-refractivity contribution >= 4 is 17.4 Å². The van der Waals surface area contributed by atoms with E-state index in [1.165, 1.54) is 11.1 Å². The molecule has 0 spiro atoms. The van der Waals surface area contributed by atoms with Crippen LogP contribution in [0.4, 0.5) is 5.82 Å². The Kier molecular flexibility index (Phi) is 6.16. The monoisotopic (exact) mass is 376 g/mol. The molecule has 0 saturated carbocycles. The van der Waals surface area contributed by atoms with E-state index < -0.39 is 0 Å². The summed E-state index contributed by atoms with van der Waals surface area (Å²) in [6.07, 6.45) is 3.45. The zero-order valence-electron chi connectivity index (χ0n) is 15.2. The average Bonchev–Trinajstić information content (AvgIpc) is 2.66. The Bertz CT molecular complexity index is 808. The molecule has 1 atom stereocenters. The number of methoxy groups -OCH3 is 1. The van der Waals surface area contributed by atoms with Crippen LogP contribution in [-0.2, 0) is 13.6 Å². The fourth-order valence-electron chi connectivity index (χ4n) is 3.38. The Morgan fingerprint density at radius 3 is 2.92 bits per heavy atom. The molecule has 2 heterocycles. The van der Waals surface area contributed by atoms with Gasteiger partial charge in [0.25, 0.3) is 5.56 Å². The molecular formula is C19H25ClN4O2. The second-order valence-corrected chi connectivity index (χ2v) is 6.94. The summed E-state index contributed by atoms with van der Waals surface area (Å²) >= 11 is 6.37. The molecule has 0 aliphatic carbocycles. The minimum Gasteiger partial charge on any atom is -0.495 e. The van der Waals surface area contributed by atoms with Gasteiger partial charge in [0.05, 0.1) is 12.1 Å². The van der Waals surface area contributed by atoms with Crippen molar-refractivity contribution < 1.29 is 4.74 Å². The van der Waals surface area contributed by atoms with E-state index >= 15 is 0 Å². The van der Waals surface area contributed by atoms with Crippen LogP contribution < -0.4 is 20.5 Å². The van der Waals surface area contributed by atoms with Crippen molar-refractivity contribution in [2.75, 3.05) is 25.1 Å². The minimum atomic E-state index is -0.0897. The molecule has 0 radical (unpaired) electrons. The molecule has 1 aromatic heterocycles. The largest absolute Gasteiger partial charge is 0.495 e. The minimum absolute atomic E-state index is 0.0897. The summed E-state index contributed by atoms with van der Waals surface area (Å²) in [6.45, 7) is 2.47. The van der Waals surface area contributed by atoms with Gasteiger partial charge in [0.15, 0.2) is 0 Å². The number of halogens is 1. The number of aromatic nitrogens is 2. The second kappa shape index (κ2) is 8.56. The van der Waals surface area contributed by atoms with E-state index in [4.69, 9.17) is 16.3 Å². The van der Waals surface area contributed by atoms with Crippen molar-refractivity contribution in [3.05, 3.63) is 51.3 Å². The summed E-state index contributed by atoms with van der Waals surface area (Å²) in [6, 6.07) is 9.56. The predicted molar refractivity (Wildman–Crippen MR) is 104 cm³/mol. The van der Waals surface area contributed by atoms with E-state index in [0.717, 1.165) is 37.3 Å². The molecule has 6 nitrogen and oxygen atoms in total. The highest BCUT2D eigenvalue weighted by Gasteiger charge is 2.23. The molecular weight excluding hydrogens is 352 g/mol. The molecule has 0 amide bonds. The number of piperidine rings is 1. The summed E-state index contributed by atoms with van der Waals surface area (Å²) in [5, 5.41) is 8.58. The van der Waals surface area contributed by atoms with Crippen molar-refractivity contribution in [3.8, 4) is 5.75 Å². The van der Waals surface area contributed by atoms with Gasteiger partial charge in [-0.1, -0.05) is 23.7 Å². The number of anilines is 1. The normalized spacial score (nSPS) is 17.3. The third-order valence-electron chi connectivity index (χ3n) is 4.83. The average molecular weight is 377 g/mol. The third kappa shape index (κ3) is 4.19. The summed E-state index contributed by atoms with van der Waals surface area (Å²) in [7, 11) is 3.31. The molecule has 3 rings (SSSR count). The molecule has 1 aliphatic rings. The molecule has 1 aromatic carbocycles. The summed E-state index contributed by atoms with van der Waals surface area (Å²) < 4.78 is 6.67. The molecule has 1 aliphatic heterocycles. The van der Waals surface area contributed by atoms with Gasteiger partial charge in [0, 0.05) is 38.8 Å². The number of ether oxygens (including phenoxy) is 1. The number of hydrogen-bond donors (Lipinski definition) is 1. The number of benzene rings is 1. The number of hydrogen-bond acceptors (Lipinski definition) is 5. The van der Waals surface area contributed by atoms with E-state index in [9.17, 15) is 4.79 Å². The topological polar surface area (TPSA) is 59.4 Å². The van der Waals surface area contributed by atoms with Gasteiger partial charge in [0.1, 0.15) is 11.6 Å². The summed E-state index contributed by atoms with van der Waals surface area (Å²) in [5.41, 5.74) is 0.932. The molecule has 140 valence electrons. The maximum atomic E-state index is 11.6. The number of nitrogens with zero attached hydrogens (tertiary/aromatic N) is 3. The first-order chi connectivity index (χ1) is 12.6. The quantitative estimate of drug-likeness (QED) is 0.839. The molecule has 7 heteroatoms. The van der Waals surface area contributed by atoms with Gasteiger partial charge in [-0.05, 0) is 37.0 Å². The van der Waals surface area contributed by atoms with Crippen LogP contribution in [0, 0.1) is 0 Å². The Balaban J connectivity index is 1.65. The van der Waals surface area contributed by atoms with Gasteiger partial charge in [-0.2, -0.15) is 5.10 Å². The molecule has 1 N–H and O–H groups in total. The van der Waals surface area contributed by atoms with Gasteiger partial charge in [-0.15, -0.1) is 0 Å². The maximum Gasteiger partial charge on any atom is 0.266 e. The van der Waals surface area contributed by atoms with Gasteiger partial charge in [-0.3, -0.25) is 4.79 Å². The van der Waals surface area contributed by atoms with Crippen LogP contribution in [0.25, 0.3) is 0 Å². The summed E-state index contributed by atoms with van der Waals surface area (Å²) in [4.78, 5) is 13.9. The highest BCUT2D eigenvalue weighted by molar-refractivity contribution is 6.32. The van der Waals surface area contributed by atoms with E-state index in [1.54, 1.807) is 20.2 Å². The predicted octanol–water partition coefficient (Wildman–Crippen LogP) is 2.59. The van der Waals surface area contributed by atoms with Crippen LogP contribution in [0.1, 0.15) is 24.8 Å². The van der Waals surface area contributed by atoms with Crippen molar-refractivity contribution in [2.24, 2.45) is 7.05 Å². The lowest BCUT2D eigenvalue weighted by atomic mass is 10.0. The van der Waals surface area contributed by atoms with Crippen LogP contribution in [-0.4, -0.2) is 36.0 Å². The zero-order valence-corrected chi connectivity index (χ0v) is 16.0. The highest BCUT2D eigenvalue weighted by atomic mass is 35.5. The van der Waals surface area contributed by atoms with Gasteiger partial charge < -0.3 is 15.0 Å². The lowest BCUT2D eigenvalue weighted by Gasteiger charge is -2.36. The van der Waals surface area contributed by atoms with Gasteiger partial charge >= 0.3 is 0 Å². The Labute approximate surface area is 158 Å². The van der Waals surface area contributed by atoms with Crippen LogP contribution in [0.3, 0.4) is 0 Å². The van der Waals surface area contributed by atoms with E-state index in [0.29, 0.717) is 23.4 Å². The van der Waals surface area contributed by atoms with E-state index in [2.05, 4.69) is 15.3 Å². The maximum absolute atomic E-state index is 11.6. The molecule has 1 saturated heterocycles. The first kappa shape index (κ1) is 18.7. The molecule has 2 aromatic rings. The van der Waals surface area contributed by atoms with Crippen LogP contribution in [0.15, 0.2) is 35.1 Å². The fourth-order valence-corrected chi connectivity index (χ4v) is 3.65. The smallest absolute Gasteiger partial charge is 0.266 e. The summed E-state index contributed by atoms with van der Waals surface area (Å²) in [5.74, 6) is 1.55. The zero-order chi connectivity index (χ0) is 18.5. The Morgan fingerprint density at radius 2 is 2.15 bits per heavy atom. The molecule has 0 bridgehead atoms. The van der Waals surface area contributed by atoms with Crippen LogP contribution in [0.5, 0.6) is 5.75 Å². The standard InChI is InChI=1S/C19H25ClN4O2/c1-23-18(25)10-9-17(22-23)24-11-4-3-7-15(24)13-21-12-14-6-5-8-16(26-2)19(14)20/h5-6,8-10,15,21H,3-4,7,11-13H2,1-2H3. The SMILES string of the molecule is COc1cccc(CNCC2CCCCN2c2ccc(=O)n(C)n2)c1Cl. The lowest BCUT2D eigenvalue weighted by Crippen LogP contribution is -2.46. The van der Waals surface area contributed by atoms with Gasteiger partial charge in [0.2, 0.25) is 0 Å². The number of rotatable bonds is 6. The molecule has 1 fully saturated rings. The second-order valence-electron chi connectivity index (χ2n) is 6.56. The van der Waals surface area contributed by atoms with Crippen molar-refractivity contribution in [2.45, 2.75) is 31.8 Å². The Morgan fingerprint density at radius 1 is 1.31 bits per heavy atom. The van der Waals surface area contributed by atoms with E-state index in [1.807, 2.05) is 24.3 Å². The van der Waals surface area contributed by atoms with Crippen LogP contribution >= 0.6 is 11.6 Å². The molecule has 1 unspecified atom stereocenters. The third-order valence-corrected chi connectivity index (χ3v) is 5.26. The Hall–Kier alpha value is -2.05. The number of aryl methyl sites for hydroxylation is 1. The van der Waals surface area contributed by atoms with Crippen molar-refractivity contribution in [1.82, 2.24) is 15.1 Å². The van der Waals surface area contributed by atoms with Gasteiger partial charge in [-0.25, -0.2) is 4.68 Å². The first-order valence-corrected chi connectivity index (χ1v) is 9.31. The fraction of sp³-hybridized carbons (Fsp3) is 0.474. The first-order valence-electron chi connectivity index (χ1n) is 8.93. The van der Waals surface area contributed by atoms with Crippen molar-refractivity contribution in [1.29, 1.82) is 0 Å². The lowest BCUT2D eigenvalue weighted by molar-refractivity contribution is 0.413.